The molecule has 102 valence electrons. The molecule has 1 aliphatic rings. The lowest BCUT2D eigenvalue weighted by molar-refractivity contribution is 0.149. The van der Waals surface area contributed by atoms with Crippen LogP contribution >= 0.6 is 0 Å². The number of nitrogens with zero attached hydrogens (tertiary/aromatic N) is 2. The largest absolute Gasteiger partial charge is 0.395 e. The summed E-state index contributed by atoms with van der Waals surface area (Å²) in [5.74, 6) is 1.07. The summed E-state index contributed by atoms with van der Waals surface area (Å²) in [6, 6.07) is 3.64. The van der Waals surface area contributed by atoms with Gasteiger partial charge in [0.2, 0.25) is 0 Å². The van der Waals surface area contributed by atoms with Crippen LogP contribution in [0.1, 0.15) is 38.2 Å². The van der Waals surface area contributed by atoms with E-state index in [2.05, 4.69) is 17.2 Å². The number of nitrogen functional groups attached to an aromatic ring is 1. The van der Waals surface area contributed by atoms with Gasteiger partial charge in [0.25, 0.3) is 0 Å². The zero-order chi connectivity index (χ0) is 13.9. The lowest BCUT2D eigenvalue weighted by Gasteiger charge is -2.40. The van der Waals surface area contributed by atoms with E-state index >= 15 is 0 Å². The summed E-state index contributed by atoms with van der Waals surface area (Å²) in [6.45, 7) is 2.24. The molecule has 0 saturated heterocycles. The molecule has 2 rings (SSSR count). The molecule has 0 spiro atoms. The van der Waals surface area contributed by atoms with E-state index in [0.29, 0.717) is 23.0 Å². The Morgan fingerprint density at radius 1 is 1.68 bits per heavy atom. The Labute approximate surface area is 113 Å². The molecule has 2 atom stereocenters. The number of hydrogen-bond acceptors (Lipinski definition) is 5. The number of aromatic nitrogens is 1. The fourth-order valence-corrected chi connectivity index (χ4v) is 2.88. The molecule has 1 aromatic rings. The fourth-order valence-electron chi connectivity index (χ4n) is 2.88. The molecule has 0 radical (unpaired) electrons. The predicted molar refractivity (Wildman–Crippen MR) is 74.4 cm³/mol. The molecule has 1 saturated carbocycles. The Balaban J connectivity index is 2.26. The van der Waals surface area contributed by atoms with Gasteiger partial charge in [-0.05, 0) is 24.8 Å². The van der Waals surface area contributed by atoms with E-state index in [4.69, 9.17) is 11.0 Å². The Bertz CT molecular complexity index is 497. The zero-order valence-corrected chi connectivity index (χ0v) is 11.2. The van der Waals surface area contributed by atoms with E-state index in [-0.39, 0.29) is 12.1 Å². The van der Waals surface area contributed by atoms with E-state index < -0.39 is 0 Å². The van der Waals surface area contributed by atoms with E-state index in [0.717, 1.165) is 19.3 Å². The van der Waals surface area contributed by atoms with Crippen LogP contribution in [0.5, 0.6) is 0 Å². The van der Waals surface area contributed by atoms with Gasteiger partial charge in [-0.1, -0.05) is 19.8 Å². The minimum Gasteiger partial charge on any atom is -0.395 e. The second-order valence-electron chi connectivity index (χ2n) is 5.50. The number of nitriles is 1. The van der Waals surface area contributed by atoms with Gasteiger partial charge >= 0.3 is 0 Å². The first-order valence-electron chi connectivity index (χ1n) is 6.64. The molecule has 0 aromatic carbocycles. The molecule has 1 fully saturated rings. The quantitative estimate of drug-likeness (QED) is 0.771. The molecule has 2 unspecified atom stereocenters. The monoisotopic (exact) mass is 260 g/mol. The summed E-state index contributed by atoms with van der Waals surface area (Å²) >= 11 is 0. The minimum absolute atomic E-state index is 0.0508. The summed E-state index contributed by atoms with van der Waals surface area (Å²) in [5.41, 5.74) is 6.33. The van der Waals surface area contributed by atoms with Crippen LogP contribution in [0.4, 0.5) is 11.5 Å². The van der Waals surface area contributed by atoms with Gasteiger partial charge in [0, 0.05) is 6.20 Å². The van der Waals surface area contributed by atoms with Crippen molar-refractivity contribution in [1.82, 2.24) is 4.98 Å². The second kappa shape index (κ2) is 5.45. The van der Waals surface area contributed by atoms with Crippen molar-refractivity contribution in [2.45, 2.75) is 38.1 Å². The van der Waals surface area contributed by atoms with E-state index in [1.807, 2.05) is 6.07 Å². The SMILES string of the molecule is CC1CCCC(CO)(Nc2nccc(C#N)c2N)C1. The van der Waals surface area contributed by atoms with Gasteiger partial charge in [0.15, 0.2) is 5.82 Å². The summed E-state index contributed by atoms with van der Waals surface area (Å²) < 4.78 is 0. The number of anilines is 2. The predicted octanol–water partition coefficient (Wildman–Crippen LogP) is 1.89. The Morgan fingerprint density at radius 2 is 2.47 bits per heavy atom. The Morgan fingerprint density at radius 3 is 3.11 bits per heavy atom. The van der Waals surface area contributed by atoms with Crippen LogP contribution in [0, 0.1) is 17.2 Å². The van der Waals surface area contributed by atoms with Crippen molar-refractivity contribution in [2.75, 3.05) is 17.7 Å². The third-order valence-corrected chi connectivity index (χ3v) is 3.89. The van der Waals surface area contributed by atoms with E-state index in [9.17, 15) is 5.11 Å². The highest BCUT2D eigenvalue weighted by Gasteiger charge is 2.35. The van der Waals surface area contributed by atoms with Crippen molar-refractivity contribution in [3.05, 3.63) is 17.8 Å². The van der Waals surface area contributed by atoms with Crippen molar-refractivity contribution < 1.29 is 5.11 Å². The number of nitrogens with one attached hydrogen (secondary N) is 1. The molecular formula is C14H20N4O. The first kappa shape index (κ1) is 13.6. The van der Waals surface area contributed by atoms with Crippen molar-refractivity contribution in [2.24, 2.45) is 5.92 Å². The van der Waals surface area contributed by atoms with Gasteiger partial charge < -0.3 is 16.2 Å². The molecule has 1 aromatic heterocycles. The summed E-state index contributed by atoms with van der Waals surface area (Å²) in [4.78, 5) is 4.20. The summed E-state index contributed by atoms with van der Waals surface area (Å²) in [7, 11) is 0. The topological polar surface area (TPSA) is 95.0 Å². The molecule has 5 heteroatoms. The van der Waals surface area contributed by atoms with Crippen LogP contribution in [0.15, 0.2) is 12.3 Å². The first-order valence-corrected chi connectivity index (χ1v) is 6.64. The van der Waals surface area contributed by atoms with E-state index in [1.165, 1.54) is 6.42 Å². The summed E-state index contributed by atoms with van der Waals surface area (Å²) in [6.07, 6.45) is 5.61. The smallest absolute Gasteiger partial charge is 0.151 e. The number of aliphatic hydroxyl groups excluding tert-OH is 1. The average molecular weight is 260 g/mol. The van der Waals surface area contributed by atoms with Gasteiger partial charge in [-0.25, -0.2) is 4.98 Å². The van der Waals surface area contributed by atoms with Gasteiger partial charge in [0.05, 0.1) is 23.4 Å². The molecule has 5 nitrogen and oxygen atoms in total. The third kappa shape index (κ3) is 2.79. The normalized spacial score (nSPS) is 26.7. The number of pyridine rings is 1. The summed E-state index contributed by atoms with van der Waals surface area (Å²) in [5, 5.41) is 22.0. The van der Waals surface area contributed by atoms with Crippen LogP contribution in [-0.2, 0) is 0 Å². The van der Waals surface area contributed by atoms with Gasteiger partial charge in [-0.3, -0.25) is 0 Å². The first-order chi connectivity index (χ1) is 9.10. The van der Waals surface area contributed by atoms with E-state index in [1.54, 1.807) is 12.3 Å². The van der Waals surface area contributed by atoms with Crippen LogP contribution in [0.2, 0.25) is 0 Å². The molecule has 1 heterocycles. The maximum Gasteiger partial charge on any atom is 0.151 e. The number of nitrogens with two attached hydrogens (primary N) is 1. The van der Waals surface area contributed by atoms with Crippen LogP contribution < -0.4 is 11.1 Å². The van der Waals surface area contributed by atoms with Gasteiger partial charge in [0.1, 0.15) is 6.07 Å². The molecule has 19 heavy (non-hydrogen) atoms. The van der Waals surface area contributed by atoms with Crippen LogP contribution in [0.25, 0.3) is 0 Å². The Kier molecular flexibility index (Phi) is 3.91. The van der Waals surface area contributed by atoms with Gasteiger partial charge in [-0.15, -0.1) is 0 Å². The maximum absolute atomic E-state index is 9.74. The van der Waals surface area contributed by atoms with Crippen LogP contribution in [-0.4, -0.2) is 22.2 Å². The van der Waals surface area contributed by atoms with Crippen molar-refractivity contribution in [1.29, 1.82) is 5.26 Å². The number of aliphatic hydroxyl groups is 1. The Hall–Kier alpha value is -1.80. The minimum atomic E-state index is -0.368. The average Bonchev–Trinajstić information content (AvgIpc) is 2.41. The van der Waals surface area contributed by atoms with Crippen LogP contribution in [0.3, 0.4) is 0 Å². The molecular weight excluding hydrogens is 240 g/mol. The number of hydrogen-bond donors (Lipinski definition) is 3. The number of rotatable bonds is 3. The lowest BCUT2D eigenvalue weighted by Crippen LogP contribution is -2.46. The molecule has 4 N–H and O–H groups in total. The van der Waals surface area contributed by atoms with Crippen molar-refractivity contribution in [3.63, 3.8) is 0 Å². The fraction of sp³-hybridized carbons (Fsp3) is 0.571. The highest BCUT2D eigenvalue weighted by molar-refractivity contribution is 5.69. The van der Waals surface area contributed by atoms with Crippen molar-refractivity contribution >= 4 is 11.5 Å². The highest BCUT2D eigenvalue weighted by atomic mass is 16.3. The third-order valence-electron chi connectivity index (χ3n) is 3.89. The standard InChI is InChI=1S/C14H20N4O/c1-10-3-2-5-14(7-10,9-19)18-13-12(16)11(8-15)4-6-17-13/h4,6,10,19H,2-3,5,7,9,16H2,1H3,(H,17,18). The molecule has 0 aliphatic heterocycles. The lowest BCUT2D eigenvalue weighted by atomic mass is 9.77. The second-order valence-corrected chi connectivity index (χ2v) is 5.50. The van der Waals surface area contributed by atoms with Crippen molar-refractivity contribution in [3.8, 4) is 6.07 Å². The van der Waals surface area contributed by atoms with Gasteiger partial charge in [-0.2, -0.15) is 5.26 Å². The maximum atomic E-state index is 9.74. The molecule has 1 aliphatic carbocycles. The highest BCUT2D eigenvalue weighted by Crippen LogP contribution is 2.35. The zero-order valence-electron chi connectivity index (χ0n) is 11.2. The molecule has 0 amide bonds. The molecule has 0 bridgehead atoms.